The Morgan fingerprint density at radius 2 is 1.92 bits per heavy atom. The Labute approximate surface area is 136 Å². The van der Waals surface area contributed by atoms with Crippen LogP contribution in [0.25, 0.3) is 11.0 Å². The molecule has 1 saturated heterocycles. The Morgan fingerprint density at radius 1 is 1.17 bits per heavy atom. The molecular formula is C16H19NO7. The maximum Gasteiger partial charge on any atom is 0.336 e. The van der Waals surface area contributed by atoms with Gasteiger partial charge in [0.2, 0.25) is 0 Å². The second-order valence-electron chi connectivity index (χ2n) is 5.86. The van der Waals surface area contributed by atoms with Gasteiger partial charge in [0.1, 0.15) is 29.9 Å². The van der Waals surface area contributed by atoms with E-state index < -0.39 is 42.9 Å². The van der Waals surface area contributed by atoms with Gasteiger partial charge in [-0.3, -0.25) is 0 Å². The van der Waals surface area contributed by atoms with Crippen LogP contribution in [0, 0.1) is 6.92 Å². The number of nitrogens with one attached hydrogen (secondary N) is 1. The number of aryl methyl sites for hydroxylation is 1. The zero-order valence-corrected chi connectivity index (χ0v) is 12.9. The summed E-state index contributed by atoms with van der Waals surface area (Å²) in [5.41, 5.74) is 1.13. The number of rotatable bonds is 3. The van der Waals surface area contributed by atoms with E-state index >= 15 is 0 Å². The summed E-state index contributed by atoms with van der Waals surface area (Å²) in [5, 5.41) is 42.7. The minimum atomic E-state index is -1.43. The van der Waals surface area contributed by atoms with Crippen LogP contribution < -0.4 is 10.9 Å². The number of aliphatic hydroxyl groups is 4. The van der Waals surface area contributed by atoms with E-state index in [1.807, 2.05) is 0 Å². The highest BCUT2D eigenvalue weighted by atomic mass is 16.6. The summed E-state index contributed by atoms with van der Waals surface area (Å²) in [6, 6.07) is 5.37. The lowest BCUT2D eigenvalue weighted by Gasteiger charge is -2.40. The molecule has 24 heavy (non-hydrogen) atoms. The Bertz CT molecular complexity index is 790. The molecule has 130 valence electrons. The van der Waals surface area contributed by atoms with Crippen LogP contribution in [-0.2, 0) is 4.74 Å². The summed E-state index contributed by atoms with van der Waals surface area (Å²) >= 11 is 0. The predicted octanol–water partition coefficient (Wildman–Crippen LogP) is -0.687. The van der Waals surface area contributed by atoms with Crippen LogP contribution in [0.4, 0.5) is 5.69 Å². The number of anilines is 1. The van der Waals surface area contributed by atoms with E-state index in [9.17, 15) is 20.1 Å². The van der Waals surface area contributed by atoms with E-state index in [2.05, 4.69) is 5.32 Å². The fourth-order valence-corrected chi connectivity index (χ4v) is 2.86. The number of fused-ring (bicyclic) bond motifs is 1. The van der Waals surface area contributed by atoms with Gasteiger partial charge in [-0.15, -0.1) is 0 Å². The van der Waals surface area contributed by atoms with Crippen molar-refractivity contribution in [2.45, 2.75) is 37.6 Å². The van der Waals surface area contributed by atoms with Gasteiger partial charge in [0.25, 0.3) is 0 Å². The molecule has 3 rings (SSSR count). The molecule has 1 fully saturated rings. The smallest absolute Gasteiger partial charge is 0.336 e. The van der Waals surface area contributed by atoms with Gasteiger partial charge < -0.3 is 34.9 Å². The van der Waals surface area contributed by atoms with Crippen molar-refractivity contribution >= 4 is 16.7 Å². The summed E-state index contributed by atoms with van der Waals surface area (Å²) in [7, 11) is 0. The molecule has 5 atom stereocenters. The summed E-state index contributed by atoms with van der Waals surface area (Å²) < 4.78 is 10.2. The molecule has 8 nitrogen and oxygen atoms in total. The highest BCUT2D eigenvalue weighted by molar-refractivity contribution is 5.83. The zero-order chi connectivity index (χ0) is 17.4. The number of ether oxygens (including phenoxy) is 1. The quantitative estimate of drug-likeness (QED) is 0.466. The Balaban J connectivity index is 1.88. The lowest BCUT2D eigenvalue weighted by Crippen LogP contribution is -2.61. The largest absolute Gasteiger partial charge is 0.423 e. The Kier molecular flexibility index (Phi) is 4.57. The lowest BCUT2D eigenvalue weighted by molar-refractivity contribution is -0.245. The van der Waals surface area contributed by atoms with Crippen LogP contribution >= 0.6 is 0 Å². The van der Waals surface area contributed by atoms with Crippen LogP contribution in [0.2, 0.25) is 0 Å². The first-order chi connectivity index (χ1) is 11.4. The molecule has 0 bridgehead atoms. The molecule has 2 heterocycles. The van der Waals surface area contributed by atoms with Crippen molar-refractivity contribution in [1.29, 1.82) is 0 Å². The molecule has 1 aliphatic rings. The fourth-order valence-electron chi connectivity index (χ4n) is 2.86. The van der Waals surface area contributed by atoms with Crippen LogP contribution in [0.5, 0.6) is 0 Å². The van der Waals surface area contributed by atoms with Gasteiger partial charge in [0, 0.05) is 23.2 Å². The number of benzene rings is 1. The summed E-state index contributed by atoms with van der Waals surface area (Å²) in [4.78, 5) is 11.5. The number of hydrogen-bond donors (Lipinski definition) is 5. The fraction of sp³-hybridized carbons (Fsp3) is 0.438. The van der Waals surface area contributed by atoms with Gasteiger partial charge in [0.15, 0.2) is 6.29 Å². The summed E-state index contributed by atoms with van der Waals surface area (Å²) in [6.45, 7) is 1.27. The third-order valence-corrected chi connectivity index (χ3v) is 4.18. The average molecular weight is 336 g/mol. The molecule has 0 radical (unpaired) electrons. The summed E-state index contributed by atoms with van der Waals surface area (Å²) in [6.07, 6.45) is -5.20. The third kappa shape index (κ3) is 3.02. The second kappa shape index (κ2) is 6.50. The maximum atomic E-state index is 11.5. The van der Waals surface area contributed by atoms with Crippen molar-refractivity contribution in [3.8, 4) is 0 Å². The van der Waals surface area contributed by atoms with E-state index in [1.165, 1.54) is 6.07 Å². The Hall–Kier alpha value is -1.97. The van der Waals surface area contributed by atoms with Crippen LogP contribution in [0.1, 0.15) is 5.56 Å². The average Bonchev–Trinajstić information content (AvgIpc) is 2.54. The van der Waals surface area contributed by atoms with Gasteiger partial charge >= 0.3 is 5.63 Å². The maximum absolute atomic E-state index is 11.5. The molecule has 8 heteroatoms. The SMILES string of the molecule is [11CH3]c1cc(=O)oc2cc(NC3C(O)OC(CO)[C@@H](O)[C@@H]3O)ccc12. The number of aliphatic hydroxyl groups excluding tert-OH is 4. The molecule has 0 amide bonds. The monoisotopic (exact) mass is 336 g/mol. The molecule has 1 aromatic heterocycles. The molecule has 3 unspecified atom stereocenters. The van der Waals surface area contributed by atoms with Gasteiger partial charge in [-0.25, -0.2) is 4.79 Å². The summed E-state index contributed by atoms with van der Waals surface area (Å²) in [5.74, 6) is 0. The van der Waals surface area contributed by atoms with Crippen molar-refractivity contribution < 1.29 is 29.6 Å². The molecule has 2 aromatic rings. The second-order valence-corrected chi connectivity index (χ2v) is 5.86. The van der Waals surface area contributed by atoms with Crippen molar-refractivity contribution in [2.75, 3.05) is 11.9 Å². The Morgan fingerprint density at radius 3 is 2.62 bits per heavy atom. The van der Waals surface area contributed by atoms with E-state index in [4.69, 9.17) is 14.3 Å². The van der Waals surface area contributed by atoms with Crippen molar-refractivity contribution in [3.63, 3.8) is 0 Å². The van der Waals surface area contributed by atoms with Gasteiger partial charge in [0.05, 0.1) is 6.61 Å². The van der Waals surface area contributed by atoms with Crippen molar-refractivity contribution in [3.05, 3.63) is 40.2 Å². The first-order valence-corrected chi connectivity index (χ1v) is 7.52. The van der Waals surface area contributed by atoms with Crippen LogP contribution in [0.3, 0.4) is 0 Å². The van der Waals surface area contributed by atoms with E-state index in [0.717, 1.165) is 10.9 Å². The van der Waals surface area contributed by atoms with Crippen LogP contribution in [-0.4, -0.2) is 57.7 Å². The topological polar surface area (TPSA) is 132 Å². The normalized spacial score (nSPS) is 30.5. The number of hydrogen-bond acceptors (Lipinski definition) is 8. The standard InChI is InChI=1S/C16H19NO7/c1-7-4-12(19)23-10-5-8(2-3-9(7)10)17-13-15(21)14(20)11(6-18)24-16(13)22/h2-5,11,13-18,20-22H,6H2,1H3/t11?,13?,14-,15-,16?/m1/s1/i1-1. The highest BCUT2D eigenvalue weighted by Crippen LogP contribution is 2.25. The van der Waals surface area contributed by atoms with E-state index in [0.29, 0.717) is 11.3 Å². The van der Waals surface area contributed by atoms with E-state index in [-0.39, 0.29) is 0 Å². The van der Waals surface area contributed by atoms with Crippen molar-refractivity contribution in [2.24, 2.45) is 0 Å². The molecule has 1 aromatic carbocycles. The van der Waals surface area contributed by atoms with Gasteiger partial charge in [-0.1, -0.05) is 0 Å². The highest BCUT2D eigenvalue weighted by Gasteiger charge is 2.43. The molecule has 0 spiro atoms. The van der Waals surface area contributed by atoms with Gasteiger partial charge in [-0.2, -0.15) is 0 Å². The molecule has 0 aliphatic carbocycles. The first-order valence-electron chi connectivity index (χ1n) is 7.52. The molecule has 1 aliphatic heterocycles. The molecule has 5 N–H and O–H groups in total. The molecule has 0 saturated carbocycles. The predicted molar refractivity (Wildman–Crippen MR) is 84.6 cm³/mol. The van der Waals surface area contributed by atoms with Crippen molar-refractivity contribution in [1.82, 2.24) is 0 Å². The lowest BCUT2D eigenvalue weighted by atomic mass is 9.96. The zero-order valence-electron chi connectivity index (χ0n) is 12.9. The first kappa shape index (κ1) is 16.9. The van der Waals surface area contributed by atoms with Gasteiger partial charge in [-0.05, 0) is 24.6 Å². The third-order valence-electron chi connectivity index (χ3n) is 4.18. The minimum absolute atomic E-state index is 0.361. The minimum Gasteiger partial charge on any atom is -0.423 e. The van der Waals surface area contributed by atoms with E-state index in [1.54, 1.807) is 25.1 Å². The molecular weight excluding hydrogens is 317 g/mol. The van der Waals surface area contributed by atoms with Crippen LogP contribution in [0.15, 0.2) is 33.5 Å².